The van der Waals surface area contributed by atoms with Crippen molar-refractivity contribution in [2.45, 2.75) is 76.0 Å². The van der Waals surface area contributed by atoms with E-state index in [9.17, 15) is 4.79 Å². The highest BCUT2D eigenvalue weighted by molar-refractivity contribution is 5.74. The van der Waals surface area contributed by atoms with E-state index in [0.717, 1.165) is 57.5 Å². The van der Waals surface area contributed by atoms with Gasteiger partial charge in [-0.25, -0.2) is 4.79 Å². The average Bonchev–Trinajstić information content (AvgIpc) is 2.81. The number of benzene rings is 1. The molecule has 1 N–H and O–H groups in total. The minimum Gasteiger partial charge on any atom is -0.375 e. The van der Waals surface area contributed by atoms with Crippen molar-refractivity contribution in [2.75, 3.05) is 31.1 Å². The van der Waals surface area contributed by atoms with E-state index in [0.29, 0.717) is 17.8 Å². The Morgan fingerprint density at radius 3 is 2.17 bits per heavy atom. The van der Waals surface area contributed by atoms with Gasteiger partial charge in [-0.05, 0) is 62.8 Å². The maximum absolute atomic E-state index is 12.7. The number of carbonyl (C=O) groups is 1. The van der Waals surface area contributed by atoms with Crippen LogP contribution in [0.5, 0.6) is 0 Å². The molecule has 0 spiro atoms. The molecule has 4 rings (SSSR count). The normalized spacial score (nSPS) is 22.0. The number of piperidine rings is 2. The Hall–Kier alpha value is -2.26. The van der Waals surface area contributed by atoms with Gasteiger partial charge in [0.25, 0.3) is 0 Å². The monoisotopic (exact) mass is 410 g/mol. The summed E-state index contributed by atoms with van der Waals surface area (Å²) >= 11 is 0. The van der Waals surface area contributed by atoms with Crippen molar-refractivity contribution >= 4 is 11.7 Å². The molecule has 2 amide bonds. The van der Waals surface area contributed by atoms with E-state index in [1.165, 1.54) is 32.1 Å². The van der Waals surface area contributed by atoms with Crippen LogP contribution in [0.25, 0.3) is 0 Å². The van der Waals surface area contributed by atoms with Crippen LogP contribution in [-0.4, -0.2) is 55.4 Å². The number of urea groups is 1. The van der Waals surface area contributed by atoms with Crippen LogP contribution >= 0.6 is 0 Å². The van der Waals surface area contributed by atoms with Crippen molar-refractivity contribution in [1.29, 1.82) is 5.26 Å². The topological polar surface area (TPSA) is 68.6 Å². The highest BCUT2D eigenvalue weighted by atomic mass is 16.5. The number of rotatable bonds is 4. The third-order valence-electron chi connectivity index (χ3n) is 6.85. The number of likely N-dealkylation sites (tertiary alicyclic amines) is 1. The highest BCUT2D eigenvalue weighted by Crippen LogP contribution is 2.25. The van der Waals surface area contributed by atoms with Crippen LogP contribution in [0.3, 0.4) is 0 Å². The van der Waals surface area contributed by atoms with Crippen LogP contribution in [0.15, 0.2) is 24.3 Å². The Morgan fingerprint density at radius 2 is 1.53 bits per heavy atom. The molecule has 0 aromatic heterocycles. The van der Waals surface area contributed by atoms with Crippen LogP contribution in [0.4, 0.5) is 10.5 Å². The van der Waals surface area contributed by atoms with E-state index >= 15 is 0 Å². The van der Waals surface area contributed by atoms with E-state index in [1.807, 2.05) is 29.2 Å². The Morgan fingerprint density at radius 1 is 0.900 bits per heavy atom. The summed E-state index contributed by atoms with van der Waals surface area (Å²) in [6.07, 6.45) is 11.0. The van der Waals surface area contributed by atoms with Crippen LogP contribution in [0.1, 0.15) is 63.4 Å². The van der Waals surface area contributed by atoms with E-state index < -0.39 is 0 Å². The quantitative estimate of drug-likeness (QED) is 0.813. The molecule has 2 heterocycles. The summed E-state index contributed by atoms with van der Waals surface area (Å²) in [5, 5.41) is 12.2. The zero-order valence-electron chi connectivity index (χ0n) is 17.9. The van der Waals surface area contributed by atoms with Gasteiger partial charge in [0.1, 0.15) is 0 Å². The second-order valence-electron chi connectivity index (χ2n) is 8.95. The lowest BCUT2D eigenvalue weighted by Crippen LogP contribution is -2.51. The zero-order chi connectivity index (χ0) is 20.8. The lowest BCUT2D eigenvalue weighted by molar-refractivity contribution is -0.0515. The molecule has 3 aliphatic rings. The SMILES string of the molecule is N#Cc1ccc(N2CCC(NC(=O)N3CCC(OC4CCCCC4)CC3)CC2)cc1. The molecule has 6 nitrogen and oxygen atoms in total. The number of hydrogen-bond acceptors (Lipinski definition) is 4. The zero-order valence-corrected chi connectivity index (χ0v) is 17.9. The third-order valence-corrected chi connectivity index (χ3v) is 6.85. The molecule has 1 aliphatic carbocycles. The molecule has 3 fully saturated rings. The van der Waals surface area contributed by atoms with Crippen molar-refractivity contribution < 1.29 is 9.53 Å². The van der Waals surface area contributed by atoms with Gasteiger partial charge in [0.2, 0.25) is 0 Å². The molecule has 0 radical (unpaired) electrons. The van der Waals surface area contributed by atoms with Crippen molar-refractivity contribution in [1.82, 2.24) is 10.2 Å². The molecule has 1 aromatic carbocycles. The van der Waals surface area contributed by atoms with Crippen LogP contribution in [0, 0.1) is 11.3 Å². The first-order valence-corrected chi connectivity index (χ1v) is 11.7. The van der Waals surface area contributed by atoms with Crippen molar-refractivity contribution in [3.05, 3.63) is 29.8 Å². The smallest absolute Gasteiger partial charge is 0.317 e. The molecule has 0 bridgehead atoms. The fourth-order valence-corrected chi connectivity index (χ4v) is 4.96. The molecule has 162 valence electrons. The lowest BCUT2D eigenvalue weighted by Gasteiger charge is -2.37. The molecule has 0 unspecified atom stereocenters. The van der Waals surface area contributed by atoms with Gasteiger partial charge < -0.3 is 19.9 Å². The number of anilines is 1. The maximum Gasteiger partial charge on any atom is 0.317 e. The third kappa shape index (κ3) is 5.46. The van der Waals surface area contributed by atoms with Gasteiger partial charge in [-0.1, -0.05) is 19.3 Å². The second-order valence-corrected chi connectivity index (χ2v) is 8.95. The Labute approximate surface area is 180 Å². The van der Waals surface area contributed by atoms with Crippen molar-refractivity contribution in [2.24, 2.45) is 0 Å². The molecule has 2 aliphatic heterocycles. The standard InChI is InChI=1S/C24H34N4O2/c25-18-19-6-8-21(9-7-19)27-14-10-20(11-15-27)26-24(29)28-16-12-23(13-17-28)30-22-4-2-1-3-5-22/h6-9,20,22-23H,1-5,10-17H2,(H,26,29). The molecular formula is C24H34N4O2. The van der Waals surface area contributed by atoms with Crippen LogP contribution in [-0.2, 0) is 4.74 Å². The predicted molar refractivity (Wildman–Crippen MR) is 117 cm³/mol. The number of amides is 2. The van der Waals surface area contributed by atoms with Gasteiger partial charge in [-0.2, -0.15) is 5.26 Å². The molecule has 6 heteroatoms. The Kier molecular flexibility index (Phi) is 7.11. The minimum atomic E-state index is 0.0861. The molecular weight excluding hydrogens is 376 g/mol. The number of ether oxygens (including phenoxy) is 1. The predicted octanol–water partition coefficient (Wildman–Crippen LogP) is 4.05. The van der Waals surface area contributed by atoms with Gasteiger partial charge in [0.05, 0.1) is 23.8 Å². The molecule has 0 atom stereocenters. The van der Waals surface area contributed by atoms with E-state index in [-0.39, 0.29) is 12.1 Å². The first kappa shape index (κ1) is 21.0. The number of nitriles is 1. The summed E-state index contributed by atoms with van der Waals surface area (Å²) in [7, 11) is 0. The fourth-order valence-electron chi connectivity index (χ4n) is 4.96. The lowest BCUT2D eigenvalue weighted by atomic mass is 9.97. The van der Waals surface area contributed by atoms with E-state index in [1.54, 1.807) is 0 Å². The summed E-state index contributed by atoms with van der Waals surface area (Å²) in [5.74, 6) is 0. The largest absolute Gasteiger partial charge is 0.375 e. The number of carbonyl (C=O) groups excluding carboxylic acids is 1. The van der Waals surface area contributed by atoms with Gasteiger partial charge in [0.15, 0.2) is 0 Å². The first-order chi connectivity index (χ1) is 14.7. The van der Waals surface area contributed by atoms with Crippen molar-refractivity contribution in [3.63, 3.8) is 0 Å². The molecule has 1 aromatic rings. The van der Waals surface area contributed by atoms with Gasteiger partial charge >= 0.3 is 6.03 Å². The maximum atomic E-state index is 12.7. The van der Waals surface area contributed by atoms with E-state index in [2.05, 4.69) is 16.3 Å². The fraction of sp³-hybridized carbons (Fsp3) is 0.667. The Bertz CT molecular complexity index is 723. The van der Waals surface area contributed by atoms with Crippen molar-refractivity contribution in [3.8, 4) is 6.07 Å². The number of nitrogens with zero attached hydrogens (tertiary/aromatic N) is 3. The molecule has 1 saturated carbocycles. The van der Waals surface area contributed by atoms with E-state index in [4.69, 9.17) is 10.00 Å². The van der Waals surface area contributed by atoms with Crippen LogP contribution < -0.4 is 10.2 Å². The average molecular weight is 411 g/mol. The highest BCUT2D eigenvalue weighted by Gasteiger charge is 2.28. The summed E-state index contributed by atoms with van der Waals surface area (Å²) in [4.78, 5) is 17.0. The Balaban J connectivity index is 1.16. The first-order valence-electron chi connectivity index (χ1n) is 11.7. The molecule has 2 saturated heterocycles. The number of nitrogens with one attached hydrogen (secondary N) is 1. The minimum absolute atomic E-state index is 0.0861. The summed E-state index contributed by atoms with van der Waals surface area (Å²) in [6, 6.07) is 10.2. The molecule has 30 heavy (non-hydrogen) atoms. The van der Waals surface area contributed by atoms with Gasteiger partial charge in [-0.3, -0.25) is 0 Å². The summed E-state index contributed by atoms with van der Waals surface area (Å²) in [6.45, 7) is 3.45. The summed E-state index contributed by atoms with van der Waals surface area (Å²) < 4.78 is 6.30. The summed E-state index contributed by atoms with van der Waals surface area (Å²) in [5.41, 5.74) is 1.84. The van der Waals surface area contributed by atoms with Gasteiger partial charge in [-0.15, -0.1) is 0 Å². The van der Waals surface area contributed by atoms with Gasteiger partial charge in [0, 0.05) is 37.9 Å². The van der Waals surface area contributed by atoms with Crippen LogP contribution in [0.2, 0.25) is 0 Å². The number of hydrogen-bond donors (Lipinski definition) is 1. The second kappa shape index (κ2) is 10.2.